The maximum Gasteiger partial charge on any atom is 0.267 e. The largest absolute Gasteiger partial charge is 0.493 e. The smallest absolute Gasteiger partial charge is 0.267 e. The van der Waals surface area contributed by atoms with Crippen LogP contribution in [0, 0.1) is 11.8 Å². The number of amides is 2. The summed E-state index contributed by atoms with van der Waals surface area (Å²) >= 11 is 0. The van der Waals surface area contributed by atoms with Crippen LogP contribution in [0.5, 0.6) is 5.75 Å². The molecule has 130 valence electrons. The van der Waals surface area contributed by atoms with Gasteiger partial charge in [-0.05, 0) is 45.0 Å². The van der Waals surface area contributed by atoms with E-state index < -0.39 is 23.4 Å². The number of hydrogen-bond donors (Lipinski definition) is 4. The lowest BCUT2D eigenvalue weighted by Gasteiger charge is -2.29. The molecule has 0 aliphatic rings. The van der Waals surface area contributed by atoms with Crippen LogP contribution in [-0.4, -0.2) is 35.2 Å². The normalized spacial score (nSPS) is 11.7. The minimum absolute atomic E-state index is 0.343. The molecule has 2 amide bonds. The monoisotopic (exact) mass is 333 g/mol. The van der Waals surface area contributed by atoms with Gasteiger partial charge in [0, 0.05) is 17.5 Å². The zero-order valence-electron chi connectivity index (χ0n) is 14.1. The van der Waals surface area contributed by atoms with Gasteiger partial charge < -0.3 is 15.8 Å². The van der Waals surface area contributed by atoms with Crippen LogP contribution in [0.3, 0.4) is 0 Å². The van der Waals surface area contributed by atoms with Gasteiger partial charge in [-0.25, -0.2) is 5.48 Å². The highest BCUT2D eigenvalue weighted by Crippen LogP contribution is 2.13. The third kappa shape index (κ3) is 5.91. The van der Waals surface area contributed by atoms with Crippen LogP contribution in [0.1, 0.15) is 37.6 Å². The van der Waals surface area contributed by atoms with Crippen molar-refractivity contribution in [2.75, 3.05) is 6.61 Å². The van der Waals surface area contributed by atoms with E-state index in [0.29, 0.717) is 24.3 Å². The van der Waals surface area contributed by atoms with Crippen molar-refractivity contribution < 1.29 is 19.5 Å². The van der Waals surface area contributed by atoms with E-state index in [1.807, 2.05) is 0 Å². The lowest BCUT2D eigenvalue weighted by atomic mass is 9.95. The van der Waals surface area contributed by atoms with Crippen molar-refractivity contribution in [1.82, 2.24) is 10.8 Å². The van der Waals surface area contributed by atoms with Crippen molar-refractivity contribution in [2.45, 2.75) is 38.8 Å². The maximum absolute atomic E-state index is 12.2. The predicted octanol–water partition coefficient (Wildman–Crippen LogP) is 0.820. The first kappa shape index (κ1) is 19.5. The van der Waals surface area contributed by atoms with Gasteiger partial charge >= 0.3 is 0 Å². The molecule has 0 bridgehead atoms. The fraction of sp³-hybridized carbons (Fsp3) is 0.412. The van der Waals surface area contributed by atoms with E-state index in [4.69, 9.17) is 15.7 Å². The van der Waals surface area contributed by atoms with Gasteiger partial charge in [0.15, 0.2) is 0 Å². The summed E-state index contributed by atoms with van der Waals surface area (Å²) in [6.45, 7) is 5.37. The molecule has 1 aromatic rings. The number of ether oxygens (including phenoxy) is 1. The molecule has 5 N–H and O–H groups in total. The number of hydrogen-bond acceptors (Lipinski definition) is 5. The number of hydroxylamine groups is 1. The first-order chi connectivity index (χ1) is 11.3. The van der Waals surface area contributed by atoms with E-state index in [9.17, 15) is 9.59 Å². The van der Waals surface area contributed by atoms with E-state index in [-0.39, 0.29) is 0 Å². The van der Waals surface area contributed by atoms with Gasteiger partial charge in [-0.1, -0.05) is 0 Å². The molecule has 0 spiro atoms. The lowest BCUT2D eigenvalue weighted by Crippen LogP contribution is -2.61. The van der Waals surface area contributed by atoms with Crippen molar-refractivity contribution in [3.63, 3.8) is 0 Å². The molecular formula is C17H23N3O4. The van der Waals surface area contributed by atoms with E-state index >= 15 is 0 Å². The fourth-order valence-corrected chi connectivity index (χ4v) is 1.92. The van der Waals surface area contributed by atoms with Gasteiger partial charge in [-0.3, -0.25) is 14.8 Å². The van der Waals surface area contributed by atoms with E-state index in [1.165, 1.54) is 5.48 Å². The number of rotatable bonds is 7. The van der Waals surface area contributed by atoms with Crippen LogP contribution in [0.2, 0.25) is 0 Å². The van der Waals surface area contributed by atoms with Gasteiger partial charge in [0.1, 0.15) is 11.8 Å². The topological polar surface area (TPSA) is 114 Å². The molecule has 0 aliphatic carbocycles. The summed E-state index contributed by atoms with van der Waals surface area (Å²) in [7, 11) is 0. The minimum Gasteiger partial charge on any atom is -0.493 e. The average molecular weight is 333 g/mol. The summed E-state index contributed by atoms with van der Waals surface area (Å²) in [5, 5.41) is 11.3. The van der Waals surface area contributed by atoms with Crippen molar-refractivity contribution in [3.8, 4) is 17.6 Å². The number of benzene rings is 1. The van der Waals surface area contributed by atoms with E-state index in [0.717, 1.165) is 0 Å². The van der Waals surface area contributed by atoms with Gasteiger partial charge in [0.05, 0.1) is 6.61 Å². The van der Waals surface area contributed by atoms with Crippen molar-refractivity contribution in [2.24, 2.45) is 5.73 Å². The lowest BCUT2D eigenvalue weighted by molar-refractivity contribution is -0.132. The Kier molecular flexibility index (Phi) is 7.24. The van der Waals surface area contributed by atoms with Crippen molar-refractivity contribution >= 4 is 11.8 Å². The molecule has 0 aliphatic heterocycles. The number of nitrogens with one attached hydrogen (secondary N) is 2. The summed E-state index contributed by atoms with van der Waals surface area (Å²) < 4.78 is 5.48. The Morgan fingerprint density at radius 3 is 2.46 bits per heavy atom. The molecule has 1 atom stereocenters. The highest BCUT2D eigenvalue weighted by atomic mass is 16.5. The highest BCUT2D eigenvalue weighted by Gasteiger charge is 2.33. The first-order valence-corrected chi connectivity index (χ1v) is 7.45. The van der Waals surface area contributed by atoms with Crippen LogP contribution in [0.15, 0.2) is 24.3 Å². The molecule has 24 heavy (non-hydrogen) atoms. The first-order valence-electron chi connectivity index (χ1n) is 7.45. The Hall–Kier alpha value is -2.56. The van der Waals surface area contributed by atoms with Crippen molar-refractivity contribution in [1.29, 1.82) is 0 Å². The van der Waals surface area contributed by atoms with E-state index in [2.05, 4.69) is 17.2 Å². The molecule has 7 nitrogen and oxygen atoms in total. The second kappa shape index (κ2) is 8.91. The number of nitrogens with two attached hydrogens (primary N) is 1. The molecule has 0 saturated heterocycles. The zero-order chi connectivity index (χ0) is 18.2. The second-order valence-electron chi connectivity index (χ2n) is 5.75. The summed E-state index contributed by atoms with van der Waals surface area (Å²) in [5.74, 6) is 5.02. The van der Waals surface area contributed by atoms with Crippen LogP contribution in [0.25, 0.3) is 0 Å². The van der Waals surface area contributed by atoms with Crippen LogP contribution in [-0.2, 0) is 4.79 Å². The summed E-state index contributed by atoms with van der Waals surface area (Å²) in [4.78, 5) is 23.9. The Balaban J connectivity index is 2.72. The molecule has 1 unspecified atom stereocenters. The fourth-order valence-electron chi connectivity index (χ4n) is 1.92. The molecule has 0 heterocycles. The summed E-state index contributed by atoms with van der Waals surface area (Å²) in [6.07, 6.45) is 0.627. The predicted molar refractivity (Wildman–Crippen MR) is 89.5 cm³/mol. The number of carbonyl (C=O) groups is 2. The SMILES string of the molecule is CC#CCCOc1ccc(C(=O)NC(C(=O)NO)C(C)(C)N)cc1. The molecule has 0 fully saturated rings. The zero-order valence-corrected chi connectivity index (χ0v) is 14.1. The van der Waals surface area contributed by atoms with Crippen LogP contribution < -0.4 is 21.3 Å². The Morgan fingerprint density at radius 1 is 1.33 bits per heavy atom. The van der Waals surface area contributed by atoms with Crippen molar-refractivity contribution in [3.05, 3.63) is 29.8 Å². The quantitative estimate of drug-likeness (QED) is 0.255. The Bertz CT molecular complexity index is 624. The third-order valence-electron chi connectivity index (χ3n) is 3.18. The third-order valence-corrected chi connectivity index (χ3v) is 3.18. The van der Waals surface area contributed by atoms with Gasteiger partial charge in [0.2, 0.25) is 0 Å². The minimum atomic E-state index is -1.08. The molecular weight excluding hydrogens is 310 g/mol. The Labute approximate surface area is 141 Å². The van der Waals surface area contributed by atoms with Gasteiger partial charge in [-0.15, -0.1) is 11.8 Å². The molecule has 0 saturated carbocycles. The molecule has 7 heteroatoms. The average Bonchev–Trinajstić information content (AvgIpc) is 2.55. The number of carbonyl (C=O) groups excluding carboxylic acids is 2. The molecule has 1 rings (SSSR count). The maximum atomic E-state index is 12.2. The molecule has 0 aromatic heterocycles. The van der Waals surface area contributed by atoms with Crippen LogP contribution >= 0.6 is 0 Å². The summed E-state index contributed by atoms with van der Waals surface area (Å²) in [5.41, 5.74) is 6.67. The highest BCUT2D eigenvalue weighted by molar-refractivity contribution is 5.97. The second-order valence-corrected chi connectivity index (χ2v) is 5.75. The van der Waals surface area contributed by atoms with Gasteiger partial charge in [0.25, 0.3) is 11.8 Å². The molecule has 0 radical (unpaired) electrons. The Morgan fingerprint density at radius 2 is 1.96 bits per heavy atom. The summed E-state index contributed by atoms with van der Waals surface area (Å²) in [6, 6.07) is 5.38. The van der Waals surface area contributed by atoms with Gasteiger partial charge in [-0.2, -0.15) is 0 Å². The van der Waals surface area contributed by atoms with Crippen LogP contribution in [0.4, 0.5) is 0 Å². The standard InChI is InChI=1S/C17H23N3O4/c1-4-5-6-11-24-13-9-7-12(8-10-13)15(21)19-14(16(22)20-23)17(2,3)18/h7-10,14,23H,6,11,18H2,1-3H3,(H,19,21)(H,20,22). The molecule has 1 aromatic carbocycles. The van der Waals surface area contributed by atoms with E-state index in [1.54, 1.807) is 45.0 Å².